The Morgan fingerprint density at radius 1 is 1.20 bits per heavy atom. The van der Waals surface area contributed by atoms with E-state index in [2.05, 4.69) is 6.92 Å². The van der Waals surface area contributed by atoms with Crippen LogP contribution in [0.1, 0.15) is 51.5 Å². The number of alkyl halides is 1. The van der Waals surface area contributed by atoms with Crippen LogP contribution < -0.4 is 9.47 Å². The third kappa shape index (κ3) is 3.60. The van der Waals surface area contributed by atoms with Gasteiger partial charge < -0.3 is 9.47 Å². The summed E-state index contributed by atoms with van der Waals surface area (Å²) in [5.41, 5.74) is 1.03. The second-order valence-electron chi connectivity index (χ2n) is 5.42. The Bertz CT molecular complexity index is 419. The van der Waals surface area contributed by atoms with Gasteiger partial charge in [-0.15, -0.1) is 11.6 Å². The Balaban J connectivity index is 2.21. The summed E-state index contributed by atoms with van der Waals surface area (Å²) in [6.45, 7) is 4.89. The summed E-state index contributed by atoms with van der Waals surface area (Å²) in [4.78, 5) is 0. The van der Waals surface area contributed by atoms with Crippen molar-refractivity contribution < 1.29 is 9.47 Å². The van der Waals surface area contributed by atoms with Crippen molar-refractivity contribution >= 4 is 11.6 Å². The number of para-hydroxylation sites is 1. The molecule has 20 heavy (non-hydrogen) atoms. The van der Waals surface area contributed by atoms with Gasteiger partial charge in [0, 0.05) is 5.56 Å². The van der Waals surface area contributed by atoms with Crippen molar-refractivity contribution in [2.45, 2.75) is 57.9 Å². The highest BCUT2D eigenvalue weighted by molar-refractivity contribution is 6.17. The van der Waals surface area contributed by atoms with Gasteiger partial charge in [0.05, 0.1) is 12.5 Å². The largest absolute Gasteiger partial charge is 0.490 e. The second kappa shape index (κ2) is 7.78. The highest BCUT2D eigenvalue weighted by atomic mass is 35.5. The highest BCUT2D eigenvalue weighted by Gasteiger charge is 2.27. The lowest BCUT2D eigenvalue weighted by Crippen LogP contribution is -2.30. The van der Waals surface area contributed by atoms with Gasteiger partial charge >= 0.3 is 0 Å². The quantitative estimate of drug-likeness (QED) is 0.674. The molecule has 2 unspecified atom stereocenters. The Hall–Kier alpha value is -0.890. The van der Waals surface area contributed by atoms with E-state index in [0.29, 0.717) is 24.5 Å². The first-order valence-electron chi connectivity index (χ1n) is 7.77. The van der Waals surface area contributed by atoms with E-state index in [1.165, 1.54) is 25.7 Å². The summed E-state index contributed by atoms with van der Waals surface area (Å²) in [7, 11) is 0. The fourth-order valence-corrected chi connectivity index (χ4v) is 3.23. The van der Waals surface area contributed by atoms with Crippen molar-refractivity contribution in [1.82, 2.24) is 0 Å². The first kappa shape index (κ1) is 15.5. The molecule has 2 rings (SSSR count). The highest BCUT2D eigenvalue weighted by Crippen LogP contribution is 2.37. The number of benzene rings is 1. The van der Waals surface area contributed by atoms with Crippen LogP contribution in [0.5, 0.6) is 11.5 Å². The van der Waals surface area contributed by atoms with Crippen molar-refractivity contribution in [1.29, 1.82) is 0 Å². The Morgan fingerprint density at radius 3 is 2.70 bits per heavy atom. The number of hydrogen-bond donors (Lipinski definition) is 0. The molecule has 0 amide bonds. The predicted octanol–water partition coefficient (Wildman–Crippen LogP) is 5.17. The minimum Gasteiger partial charge on any atom is -0.490 e. The third-order valence-corrected chi connectivity index (χ3v) is 4.43. The van der Waals surface area contributed by atoms with E-state index in [9.17, 15) is 0 Å². The third-order valence-electron chi connectivity index (χ3n) is 4.14. The van der Waals surface area contributed by atoms with Gasteiger partial charge in [-0.3, -0.25) is 0 Å². The maximum absolute atomic E-state index is 6.36. The number of hydrogen-bond acceptors (Lipinski definition) is 2. The molecule has 0 heterocycles. The molecule has 0 aliphatic heterocycles. The Labute approximate surface area is 127 Å². The molecule has 0 N–H and O–H groups in total. The molecular formula is C17H25ClO2. The lowest BCUT2D eigenvalue weighted by atomic mass is 9.84. The van der Waals surface area contributed by atoms with Crippen molar-refractivity contribution in [2.75, 3.05) is 6.61 Å². The van der Waals surface area contributed by atoms with E-state index in [1.54, 1.807) is 0 Å². The van der Waals surface area contributed by atoms with Gasteiger partial charge in [-0.25, -0.2) is 0 Å². The van der Waals surface area contributed by atoms with Crippen LogP contribution in [-0.4, -0.2) is 12.7 Å². The SMILES string of the molecule is CCOc1cccc(CCl)c1OC1CCCCC1CC. The normalized spacial score (nSPS) is 22.6. The fourth-order valence-electron chi connectivity index (χ4n) is 3.02. The molecule has 2 nitrogen and oxygen atoms in total. The smallest absolute Gasteiger partial charge is 0.165 e. The molecule has 3 heteroatoms. The average Bonchev–Trinajstić information content (AvgIpc) is 2.49. The molecule has 1 aliphatic rings. The zero-order valence-electron chi connectivity index (χ0n) is 12.5. The first-order valence-corrected chi connectivity index (χ1v) is 8.30. The van der Waals surface area contributed by atoms with E-state index in [0.717, 1.165) is 23.5 Å². The summed E-state index contributed by atoms with van der Waals surface area (Å²) < 4.78 is 12.1. The molecule has 1 saturated carbocycles. The second-order valence-corrected chi connectivity index (χ2v) is 5.69. The summed E-state index contributed by atoms with van der Waals surface area (Å²) in [5, 5.41) is 0. The van der Waals surface area contributed by atoms with Gasteiger partial charge in [0.15, 0.2) is 11.5 Å². The van der Waals surface area contributed by atoms with Crippen LogP contribution in [0, 0.1) is 5.92 Å². The molecule has 0 radical (unpaired) electrons. The molecule has 1 aromatic carbocycles. The van der Waals surface area contributed by atoms with Gasteiger partial charge in [-0.05, 0) is 44.6 Å². The minimum absolute atomic E-state index is 0.303. The van der Waals surface area contributed by atoms with Crippen LogP contribution in [-0.2, 0) is 5.88 Å². The van der Waals surface area contributed by atoms with Crippen molar-refractivity contribution in [2.24, 2.45) is 5.92 Å². The van der Waals surface area contributed by atoms with Crippen LogP contribution in [0.2, 0.25) is 0 Å². The van der Waals surface area contributed by atoms with Crippen LogP contribution >= 0.6 is 11.6 Å². The lowest BCUT2D eigenvalue weighted by Gasteiger charge is -2.32. The van der Waals surface area contributed by atoms with Crippen molar-refractivity contribution in [3.8, 4) is 11.5 Å². The maximum Gasteiger partial charge on any atom is 0.165 e. The van der Waals surface area contributed by atoms with E-state index >= 15 is 0 Å². The number of halogens is 1. The summed E-state index contributed by atoms with van der Waals surface area (Å²) in [6, 6.07) is 5.97. The monoisotopic (exact) mass is 296 g/mol. The van der Waals surface area contributed by atoms with Crippen LogP contribution in [0.4, 0.5) is 0 Å². The molecular weight excluding hydrogens is 272 g/mol. The Morgan fingerprint density at radius 2 is 2.00 bits per heavy atom. The van der Waals surface area contributed by atoms with Crippen molar-refractivity contribution in [3.63, 3.8) is 0 Å². The van der Waals surface area contributed by atoms with Gasteiger partial charge in [0.25, 0.3) is 0 Å². The lowest BCUT2D eigenvalue weighted by molar-refractivity contribution is 0.0857. The first-order chi connectivity index (χ1) is 9.80. The maximum atomic E-state index is 6.36. The summed E-state index contributed by atoms with van der Waals surface area (Å²) >= 11 is 6.06. The standard InChI is InChI=1S/C17H25ClO2/c1-3-13-8-5-6-10-15(13)20-17-14(12-18)9-7-11-16(17)19-4-2/h7,9,11,13,15H,3-6,8,10,12H2,1-2H3. The molecule has 0 saturated heterocycles. The van der Waals surface area contributed by atoms with Gasteiger partial charge in [-0.2, -0.15) is 0 Å². The molecule has 0 spiro atoms. The minimum atomic E-state index is 0.303. The summed E-state index contributed by atoms with van der Waals surface area (Å²) in [6.07, 6.45) is 6.48. The molecule has 1 aliphatic carbocycles. The van der Waals surface area contributed by atoms with Crippen LogP contribution in [0.15, 0.2) is 18.2 Å². The van der Waals surface area contributed by atoms with E-state index < -0.39 is 0 Å². The number of ether oxygens (including phenoxy) is 2. The van der Waals surface area contributed by atoms with Gasteiger partial charge in [0.1, 0.15) is 6.10 Å². The molecule has 112 valence electrons. The van der Waals surface area contributed by atoms with E-state index in [4.69, 9.17) is 21.1 Å². The fraction of sp³-hybridized carbons (Fsp3) is 0.647. The number of rotatable bonds is 6. The van der Waals surface area contributed by atoms with Crippen molar-refractivity contribution in [3.05, 3.63) is 23.8 Å². The molecule has 0 bridgehead atoms. The van der Waals surface area contributed by atoms with Crippen LogP contribution in [0.25, 0.3) is 0 Å². The molecule has 2 atom stereocenters. The van der Waals surface area contributed by atoms with E-state index in [1.807, 2.05) is 25.1 Å². The topological polar surface area (TPSA) is 18.5 Å². The molecule has 1 aromatic rings. The molecule has 1 fully saturated rings. The van der Waals surface area contributed by atoms with Gasteiger partial charge in [-0.1, -0.05) is 25.5 Å². The van der Waals surface area contributed by atoms with Gasteiger partial charge in [0.2, 0.25) is 0 Å². The van der Waals surface area contributed by atoms with E-state index in [-0.39, 0.29) is 0 Å². The van der Waals surface area contributed by atoms with Crippen LogP contribution in [0.3, 0.4) is 0 Å². The molecule has 0 aromatic heterocycles. The summed E-state index contributed by atoms with van der Waals surface area (Å²) in [5.74, 6) is 2.79. The Kier molecular flexibility index (Phi) is 6.03. The zero-order valence-corrected chi connectivity index (χ0v) is 13.3. The zero-order chi connectivity index (χ0) is 14.4. The average molecular weight is 297 g/mol. The predicted molar refractivity (Wildman–Crippen MR) is 83.8 cm³/mol.